The molecule has 0 saturated carbocycles. The molecule has 3 rings (SSSR count). The number of hydrogen-bond donors (Lipinski definition) is 1. The van der Waals surface area contributed by atoms with Crippen molar-refractivity contribution < 1.29 is 9.84 Å². The van der Waals surface area contributed by atoms with Crippen LogP contribution in [0.4, 0.5) is 0 Å². The third-order valence-corrected chi connectivity index (χ3v) is 5.90. The van der Waals surface area contributed by atoms with Gasteiger partial charge in [-0.3, -0.25) is 9.80 Å². The second-order valence-electron chi connectivity index (χ2n) is 8.10. The lowest BCUT2D eigenvalue weighted by molar-refractivity contribution is 0.0706. The summed E-state index contributed by atoms with van der Waals surface area (Å²) in [4.78, 5) is 4.93. The Hall–Kier alpha value is -1.10. The van der Waals surface area contributed by atoms with Crippen molar-refractivity contribution in [3.63, 3.8) is 0 Å². The summed E-state index contributed by atoms with van der Waals surface area (Å²) in [5.41, 5.74) is 3.91. The van der Waals surface area contributed by atoms with E-state index >= 15 is 0 Å². The molecule has 0 aliphatic carbocycles. The summed E-state index contributed by atoms with van der Waals surface area (Å²) in [5.74, 6) is 1.43. The summed E-state index contributed by atoms with van der Waals surface area (Å²) < 4.78 is 5.57. The molecule has 0 amide bonds. The van der Waals surface area contributed by atoms with Gasteiger partial charge in [0.05, 0.1) is 13.2 Å². The highest BCUT2D eigenvalue weighted by atomic mass is 16.5. The van der Waals surface area contributed by atoms with Crippen molar-refractivity contribution in [1.82, 2.24) is 9.80 Å². The molecule has 0 unspecified atom stereocenters. The summed E-state index contributed by atoms with van der Waals surface area (Å²) in [6.45, 7) is 11.6. The van der Waals surface area contributed by atoms with Gasteiger partial charge in [0.2, 0.25) is 0 Å². The number of aliphatic hydroxyl groups excluding tert-OH is 1. The summed E-state index contributed by atoms with van der Waals surface area (Å²) in [6, 6.07) is 4.78. The van der Waals surface area contributed by atoms with E-state index in [1.165, 1.54) is 36.0 Å². The van der Waals surface area contributed by atoms with E-state index in [0.717, 1.165) is 38.5 Å². The van der Waals surface area contributed by atoms with Crippen LogP contribution < -0.4 is 4.74 Å². The number of likely N-dealkylation sites (tertiary alicyclic amines) is 2. The number of piperidine rings is 1. The maximum atomic E-state index is 10.6. The fraction of sp³-hybridized carbons (Fsp3) is 0.714. The van der Waals surface area contributed by atoms with Gasteiger partial charge in [-0.15, -0.1) is 0 Å². The van der Waals surface area contributed by atoms with E-state index in [-0.39, 0.29) is 6.10 Å². The quantitative estimate of drug-likeness (QED) is 0.888. The number of methoxy groups -OCH3 is 1. The summed E-state index contributed by atoms with van der Waals surface area (Å²) in [7, 11) is 1.75. The zero-order valence-electron chi connectivity index (χ0n) is 16.3. The van der Waals surface area contributed by atoms with Crippen LogP contribution in [0.3, 0.4) is 0 Å². The van der Waals surface area contributed by atoms with E-state index in [2.05, 4.69) is 42.7 Å². The number of rotatable bonds is 5. The van der Waals surface area contributed by atoms with Crippen molar-refractivity contribution in [2.24, 2.45) is 0 Å². The van der Waals surface area contributed by atoms with Crippen LogP contribution in [-0.2, 0) is 6.54 Å². The minimum atomic E-state index is -0.221. The van der Waals surface area contributed by atoms with Gasteiger partial charge in [-0.2, -0.15) is 0 Å². The Morgan fingerprint density at radius 1 is 1.16 bits per heavy atom. The average molecular weight is 347 g/mol. The highest BCUT2D eigenvalue weighted by Crippen LogP contribution is 2.31. The molecule has 2 fully saturated rings. The lowest BCUT2D eigenvalue weighted by Gasteiger charge is -2.33. The summed E-state index contributed by atoms with van der Waals surface area (Å²) in [5, 5.41) is 10.6. The molecule has 2 heterocycles. The molecule has 2 atom stereocenters. The van der Waals surface area contributed by atoms with Gasteiger partial charge < -0.3 is 9.84 Å². The van der Waals surface area contributed by atoms with E-state index in [1.807, 2.05) is 0 Å². The molecule has 1 aromatic carbocycles. The molecule has 140 valence electrons. The summed E-state index contributed by atoms with van der Waals surface area (Å²) >= 11 is 0. The van der Waals surface area contributed by atoms with Gasteiger partial charge in [-0.1, -0.05) is 26.3 Å². The normalized spacial score (nSPS) is 25.7. The van der Waals surface area contributed by atoms with Gasteiger partial charge in [0.1, 0.15) is 5.75 Å². The standard InChI is InChI=1S/C21H34N2O2/c1-15(2)18-11-17(16(3)10-21(18)25-4)12-22-13-19(20(24)14-22)23-8-6-5-7-9-23/h10-11,15,19-20,24H,5-9,12-14H2,1-4H3/t19-,20-/m0/s1. The molecule has 1 N–H and O–H groups in total. The smallest absolute Gasteiger partial charge is 0.122 e. The largest absolute Gasteiger partial charge is 0.496 e. The Kier molecular flexibility index (Phi) is 6.03. The maximum Gasteiger partial charge on any atom is 0.122 e. The molecule has 2 aliphatic heterocycles. The molecule has 0 bridgehead atoms. The zero-order chi connectivity index (χ0) is 18.0. The molecule has 4 heteroatoms. The summed E-state index contributed by atoms with van der Waals surface area (Å²) in [6.07, 6.45) is 3.67. The predicted molar refractivity (Wildman–Crippen MR) is 102 cm³/mol. The number of aliphatic hydroxyl groups is 1. The van der Waals surface area contributed by atoms with Gasteiger partial charge in [0, 0.05) is 25.7 Å². The van der Waals surface area contributed by atoms with Crippen LogP contribution in [-0.4, -0.2) is 60.3 Å². The highest BCUT2D eigenvalue weighted by molar-refractivity contribution is 5.44. The fourth-order valence-corrected chi connectivity index (χ4v) is 4.37. The van der Waals surface area contributed by atoms with Gasteiger partial charge >= 0.3 is 0 Å². The molecule has 2 aliphatic rings. The van der Waals surface area contributed by atoms with Crippen molar-refractivity contribution >= 4 is 0 Å². The Morgan fingerprint density at radius 2 is 1.88 bits per heavy atom. The first-order valence-corrected chi connectivity index (χ1v) is 9.81. The van der Waals surface area contributed by atoms with E-state index in [4.69, 9.17) is 4.74 Å². The topological polar surface area (TPSA) is 35.9 Å². The Labute approximate surface area is 152 Å². The van der Waals surface area contributed by atoms with Gasteiger partial charge in [-0.25, -0.2) is 0 Å². The Balaban J connectivity index is 1.71. The molecule has 25 heavy (non-hydrogen) atoms. The second kappa shape index (κ2) is 8.07. The molecular weight excluding hydrogens is 312 g/mol. The van der Waals surface area contributed by atoms with E-state index in [1.54, 1.807) is 7.11 Å². The van der Waals surface area contributed by atoms with Crippen LogP contribution in [0, 0.1) is 6.92 Å². The number of β-amino-alcohol motifs (C(OH)–C–C–N with tert-alkyl or cyclic N) is 1. The molecule has 0 aromatic heterocycles. The van der Waals surface area contributed by atoms with Crippen LogP contribution in [0.2, 0.25) is 0 Å². The van der Waals surface area contributed by atoms with Gasteiger partial charge in [0.25, 0.3) is 0 Å². The lowest BCUT2D eigenvalue weighted by Crippen LogP contribution is -2.45. The number of benzene rings is 1. The highest BCUT2D eigenvalue weighted by Gasteiger charge is 2.35. The first-order chi connectivity index (χ1) is 12.0. The molecule has 0 spiro atoms. The number of ether oxygens (including phenoxy) is 1. The maximum absolute atomic E-state index is 10.6. The van der Waals surface area contributed by atoms with Crippen molar-refractivity contribution in [3.05, 3.63) is 28.8 Å². The van der Waals surface area contributed by atoms with Crippen molar-refractivity contribution in [1.29, 1.82) is 0 Å². The van der Waals surface area contributed by atoms with Crippen LogP contribution in [0.25, 0.3) is 0 Å². The molecule has 2 saturated heterocycles. The van der Waals surface area contributed by atoms with Gasteiger partial charge in [-0.05, 0) is 61.5 Å². The van der Waals surface area contributed by atoms with Gasteiger partial charge in [0.15, 0.2) is 0 Å². The minimum Gasteiger partial charge on any atom is -0.496 e. The zero-order valence-corrected chi connectivity index (χ0v) is 16.3. The van der Waals surface area contributed by atoms with Crippen molar-refractivity contribution in [2.45, 2.75) is 64.6 Å². The van der Waals surface area contributed by atoms with Crippen LogP contribution >= 0.6 is 0 Å². The minimum absolute atomic E-state index is 0.221. The number of hydrogen-bond acceptors (Lipinski definition) is 4. The first kappa shape index (κ1) is 18.7. The predicted octanol–water partition coefficient (Wildman–Crippen LogP) is 3.16. The molecule has 4 nitrogen and oxygen atoms in total. The Morgan fingerprint density at radius 3 is 2.52 bits per heavy atom. The third-order valence-electron chi connectivity index (χ3n) is 5.90. The lowest BCUT2D eigenvalue weighted by atomic mass is 9.96. The molecule has 1 aromatic rings. The van der Waals surface area contributed by atoms with Crippen molar-refractivity contribution in [3.8, 4) is 5.75 Å². The monoisotopic (exact) mass is 346 g/mol. The fourth-order valence-electron chi connectivity index (χ4n) is 4.37. The first-order valence-electron chi connectivity index (χ1n) is 9.81. The van der Waals surface area contributed by atoms with Crippen molar-refractivity contribution in [2.75, 3.05) is 33.3 Å². The molecular formula is C21H34N2O2. The van der Waals surface area contributed by atoms with E-state index in [0.29, 0.717) is 12.0 Å². The average Bonchev–Trinajstić information content (AvgIpc) is 2.97. The second-order valence-corrected chi connectivity index (χ2v) is 8.10. The SMILES string of the molecule is COc1cc(C)c(CN2C[C@H](O)[C@@H](N3CCCCC3)C2)cc1C(C)C. The van der Waals surface area contributed by atoms with Crippen LogP contribution in [0.15, 0.2) is 12.1 Å². The van der Waals surface area contributed by atoms with E-state index < -0.39 is 0 Å². The number of aryl methyl sites for hydroxylation is 1. The third kappa shape index (κ3) is 4.18. The van der Waals surface area contributed by atoms with Crippen LogP contribution in [0.5, 0.6) is 5.75 Å². The Bertz CT molecular complexity index is 582. The van der Waals surface area contributed by atoms with E-state index in [9.17, 15) is 5.11 Å². The molecule has 0 radical (unpaired) electrons. The number of nitrogens with zero attached hydrogens (tertiary/aromatic N) is 2. The van der Waals surface area contributed by atoms with Crippen LogP contribution in [0.1, 0.15) is 55.7 Å².